The highest BCUT2D eigenvalue weighted by atomic mass is 19.4. The lowest BCUT2D eigenvalue weighted by Crippen LogP contribution is -2.28. The van der Waals surface area contributed by atoms with Gasteiger partial charge in [0.25, 0.3) is 0 Å². The van der Waals surface area contributed by atoms with E-state index in [1.54, 1.807) is 6.20 Å². The third-order valence-corrected chi connectivity index (χ3v) is 6.42. The largest absolute Gasteiger partial charge is 0.573 e. The van der Waals surface area contributed by atoms with Gasteiger partial charge in [-0.25, -0.2) is 9.98 Å². The van der Waals surface area contributed by atoms with Gasteiger partial charge in [-0.05, 0) is 61.6 Å². The number of nitrogens with zero attached hydrogens (tertiary/aromatic N) is 4. The normalized spacial score (nSPS) is 21.5. The van der Waals surface area contributed by atoms with Crippen LogP contribution < -0.4 is 14.8 Å². The first-order valence-corrected chi connectivity index (χ1v) is 12.0. The van der Waals surface area contributed by atoms with Crippen molar-refractivity contribution in [2.24, 2.45) is 20.9 Å². The number of halogens is 3. The van der Waals surface area contributed by atoms with Gasteiger partial charge in [0.1, 0.15) is 11.5 Å². The first-order chi connectivity index (χ1) is 17.4. The number of aromatic nitrogens is 1. The Bertz CT molecular complexity index is 1240. The number of benzene rings is 1. The van der Waals surface area contributed by atoms with Crippen LogP contribution in [0, 0.1) is 5.92 Å². The maximum Gasteiger partial charge on any atom is 0.573 e. The van der Waals surface area contributed by atoms with E-state index in [-0.39, 0.29) is 11.8 Å². The molecule has 0 saturated heterocycles. The number of anilines is 1. The second-order valence-electron chi connectivity index (χ2n) is 8.92. The van der Waals surface area contributed by atoms with E-state index >= 15 is 0 Å². The maximum absolute atomic E-state index is 12.4. The molecule has 7 nitrogen and oxygen atoms in total. The standard InChI is InChI=1S/C26H26F3N5O2/c1-2-16-3-8-21-23(35-12-10-16)13-17(15-31-21)24-22-14-19(9-11-30-24)33-25(34-22)32-18-4-6-20(7-5-18)36-26(27,28)29/h4-7,9,11,13,15-16,19H,2-3,8,10,12,14H2,1H3,(H,32,33). The summed E-state index contributed by atoms with van der Waals surface area (Å²) in [6, 6.07) is 7.26. The number of aryl methyl sites for hydroxylation is 1. The molecular formula is C26H26F3N5O2. The van der Waals surface area contributed by atoms with Gasteiger partial charge >= 0.3 is 6.36 Å². The summed E-state index contributed by atoms with van der Waals surface area (Å²) < 4.78 is 47.3. The Balaban J connectivity index is 1.35. The van der Waals surface area contributed by atoms with Crippen molar-refractivity contribution in [2.45, 2.75) is 51.4 Å². The molecule has 4 heterocycles. The van der Waals surface area contributed by atoms with Crippen LogP contribution in [0.15, 0.2) is 63.8 Å². The van der Waals surface area contributed by atoms with Crippen molar-refractivity contribution in [1.29, 1.82) is 0 Å². The number of hydrogen-bond acceptors (Lipinski definition) is 7. The SMILES string of the molecule is CCC1CCOc2cc(C3=NC=CC4CC3=NC(Nc3ccc(OC(F)(F)F)cc3)=N4)cnc2CC1. The van der Waals surface area contributed by atoms with Crippen LogP contribution in [0.5, 0.6) is 11.5 Å². The fourth-order valence-corrected chi connectivity index (χ4v) is 4.47. The van der Waals surface area contributed by atoms with Gasteiger partial charge < -0.3 is 14.8 Å². The Hall–Kier alpha value is -3.69. The zero-order valence-electron chi connectivity index (χ0n) is 19.8. The smallest absolute Gasteiger partial charge is 0.492 e. The molecule has 2 unspecified atom stereocenters. The minimum absolute atomic E-state index is 0.159. The number of ether oxygens (including phenoxy) is 2. The molecule has 1 aromatic heterocycles. The summed E-state index contributed by atoms with van der Waals surface area (Å²) in [5.41, 5.74) is 3.77. The minimum atomic E-state index is -4.74. The Kier molecular flexibility index (Phi) is 6.75. The van der Waals surface area contributed by atoms with Gasteiger partial charge in [-0.15, -0.1) is 13.2 Å². The molecule has 36 heavy (non-hydrogen) atoms. The molecule has 2 aromatic rings. The Morgan fingerprint density at radius 1 is 1.17 bits per heavy atom. The predicted molar refractivity (Wildman–Crippen MR) is 132 cm³/mol. The summed E-state index contributed by atoms with van der Waals surface area (Å²) in [7, 11) is 0. The topological polar surface area (TPSA) is 80.5 Å². The second kappa shape index (κ2) is 10.1. The van der Waals surface area contributed by atoms with Gasteiger partial charge in [0.2, 0.25) is 5.96 Å². The monoisotopic (exact) mass is 497 g/mol. The van der Waals surface area contributed by atoms with Crippen LogP contribution in [0.2, 0.25) is 0 Å². The van der Waals surface area contributed by atoms with Gasteiger partial charge in [-0.2, -0.15) is 0 Å². The highest BCUT2D eigenvalue weighted by Crippen LogP contribution is 2.28. The summed E-state index contributed by atoms with van der Waals surface area (Å²) in [4.78, 5) is 18.6. The van der Waals surface area contributed by atoms with E-state index in [9.17, 15) is 13.2 Å². The van der Waals surface area contributed by atoms with Gasteiger partial charge in [0.05, 0.1) is 29.8 Å². The van der Waals surface area contributed by atoms with Gasteiger partial charge in [-0.3, -0.25) is 9.98 Å². The van der Waals surface area contributed by atoms with Crippen LogP contribution in [-0.4, -0.2) is 41.4 Å². The predicted octanol–water partition coefficient (Wildman–Crippen LogP) is 5.72. The zero-order chi connectivity index (χ0) is 25.1. The molecular weight excluding hydrogens is 471 g/mol. The molecule has 2 atom stereocenters. The number of alkyl halides is 3. The summed E-state index contributed by atoms with van der Waals surface area (Å²) in [5.74, 6) is 1.50. The fourth-order valence-electron chi connectivity index (χ4n) is 4.47. The lowest BCUT2D eigenvalue weighted by atomic mass is 9.94. The molecule has 0 fully saturated rings. The molecule has 1 aromatic carbocycles. The molecule has 188 valence electrons. The molecule has 5 rings (SSSR count). The van der Waals surface area contributed by atoms with Crippen LogP contribution in [0.4, 0.5) is 18.9 Å². The van der Waals surface area contributed by atoms with E-state index in [4.69, 9.17) is 9.72 Å². The number of fused-ring (bicyclic) bond motifs is 3. The van der Waals surface area contributed by atoms with Gasteiger partial charge in [0, 0.05) is 30.1 Å². The van der Waals surface area contributed by atoms with E-state index in [1.165, 1.54) is 24.3 Å². The first-order valence-electron chi connectivity index (χ1n) is 12.0. The van der Waals surface area contributed by atoms with Crippen molar-refractivity contribution < 1.29 is 22.6 Å². The van der Waals surface area contributed by atoms with Crippen molar-refractivity contribution in [3.05, 3.63) is 60.1 Å². The van der Waals surface area contributed by atoms with Crippen molar-refractivity contribution in [3.8, 4) is 11.5 Å². The van der Waals surface area contributed by atoms with Crippen LogP contribution in [-0.2, 0) is 6.42 Å². The van der Waals surface area contributed by atoms with Crippen LogP contribution in [0.1, 0.15) is 43.9 Å². The fraction of sp³-hybridized carbons (Fsp3) is 0.385. The maximum atomic E-state index is 12.4. The van der Waals surface area contributed by atoms with Crippen LogP contribution in [0.3, 0.4) is 0 Å². The second-order valence-corrected chi connectivity index (χ2v) is 8.92. The van der Waals surface area contributed by atoms with Crippen molar-refractivity contribution in [1.82, 2.24) is 4.98 Å². The molecule has 10 heteroatoms. The van der Waals surface area contributed by atoms with E-state index in [1.807, 2.05) is 18.3 Å². The minimum Gasteiger partial charge on any atom is -0.492 e. The molecule has 0 radical (unpaired) electrons. The molecule has 1 N–H and O–H groups in total. The number of guanidine groups is 1. The average molecular weight is 498 g/mol. The van der Waals surface area contributed by atoms with E-state index < -0.39 is 6.36 Å². The number of rotatable bonds is 4. The molecule has 3 aliphatic rings. The van der Waals surface area contributed by atoms with Crippen molar-refractivity contribution >= 4 is 23.1 Å². The summed E-state index contributed by atoms with van der Waals surface area (Å²) in [6.45, 7) is 2.88. The molecule has 2 bridgehead atoms. The van der Waals surface area contributed by atoms with Crippen molar-refractivity contribution in [2.75, 3.05) is 11.9 Å². The molecule has 0 spiro atoms. The van der Waals surface area contributed by atoms with Gasteiger partial charge in [0.15, 0.2) is 0 Å². The molecule has 0 saturated carbocycles. The van der Waals surface area contributed by atoms with Crippen LogP contribution >= 0.6 is 0 Å². The molecule has 3 aliphatic heterocycles. The number of aliphatic imine (C=N–C) groups is 3. The Morgan fingerprint density at radius 2 is 2.00 bits per heavy atom. The molecule has 0 amide bonds. The first kappa shape index (κ1) is 24.0. The summed E-state index contributed by atoms with van der Waals surface area (Å²) in [6.07, 6.45) is 5.45. The van der Waals surface area contributed by atoms with E-state index in [0.717, 1.165) is 48.4 Å². The average Bonchev–Trinajstić information content (AvgIpc) is 2.97. The van der Waals surface area contributed by atoms with E-state index in [0.29, 0.717) is 36.3 Å². The third kappa shape index (κ3) is 5.75. The number of nitrogens with one attached hydrogen (secondary N) is 1. The third-order valence-electron chi connectivity index (χ3n) is 6.42. The van der Waals surface area contributed by atoms with Gasteiger partial charge in [-0.1, -0.05) is 13.3 Å². The Labute approximate surface area is 206 Å². The Morgan fingerprint density at radius 3 is 2.78 bits per heavy atom. The van der Waals surface area contributed by atoms with E-state index in [2.05, 4.69) is 32.0 Å². The lowest BCUT2D eigenvalue weighted by molar-refractivity contribution is -0.274. The number of hydrogen-bond donors (Lipinski definition) is 1. The summed E-state index contributed by atoms with van der Waals surface area (Å²) in [5, 5.41) is 3.07. The number of pyridine rings is 1. The zero-order valence-corrected chi connectivity index (χ0v) is 19.8. The lowest BCUT2D eigenvalue weighted by Gasteiger charge is -2.22. The summed E-state index contributed by atoms with van der Waals surface area (Å²) >= 11 is 0. The van der Waals surface area contributed by atoms with Crippen LogP contribution in [0.25, 0.3) is 0 Å². The highest BCUT2D eigenvalue weighted by molar-refractivity contribution is 6.50. The quantitative estimate of drug-likeness (QED) is 0.586. The molecule has 0 aliphatic carbocycles. The highest BCUT2D eigenvalue weighted by Gasteiger charge is 2.31. The van der Waals surface area contributed by atoms with Crippen molar-refractivity contribution in [3.63, 3.8) is 0 Å².